The van der Waals surface area contributed by atoms with Gasteiger partial charge in [0.15, 0.2) is 0 Å². The van der Waals surface area contributed by atoms with Crippen LogP contribution >= 0.6 is 15.9 Å². The Morgan fingerprint density at radius 1 is 1.55 bits per heavy atom. The van der Waals surface area contributed by atoms with E-state index in [1.807, 2.05) is 26.0 Å². The molecule has 1 nitrogen and oxygen atoms in total. The molecule has 0 saturated heterocycles. The van der Waals surface area contributed by atoms with Crippen LogP contribution in [0.2, 0.25) is 0 Å². The Labute approximate surface area is 77.0 Å². The number of alkyl halides is 1. The first kappa shape index (κ1) is 10.9. The minimum atomic E-state index is 0.190. The van der Waals surface area contributed by atoms with Crippen molar-refractivity contribution in [2.75, 3.05) is 5.33 Å². The lowest BCUT2D eigenvalue weighted by molar-refractivity contribution is -0.121. The third-order valence-electron chi connectivity index (χ3n) is 1.64. The Balaban J connectivity index is 3.59. The molecular formula is C9H15BrO. The first-order chi connectivity index (χ1) is 5.22. The minimum absolute atomic E-state index is 0.190. The van der Waals surface area contributed by atoms with Crippen LogP contribution in [0.5, 0.6) is 0 Å². The zero-order chi connectivity index (χ0) is 8.69. The highest BCUT2D eigenvalue weighted by Crippen LogP contribution is 2.06. The fraction of sp³-hybridized carbons (Fsp3) is 0.667. The minimum Gasteiger partial charge on any atom is -0.299 e. The SMILES string of the molecule is CCC(=O)C(C)CC=CCBr. The molecule has 0 heterocycles. The molecule has 0 aliphatic carbocycles. The van der Waals surface area contributed by atoms with Gasteiger partial charge in [0.1, 0.15) is 5.78 Å². The van der Waals surface area contributed by atoms with Gasteiger partial charge in [0, 0.05) is 17.7 Å². The highest BCUT2D eigenvalue weighted by Gasteiger charge is 2.07. The third-order valence-corrected chi connectivity index (χ3v) is 2.02. The van der Waals surface area contributed by atoms with E-state index < -0.39 is 0 Å². The molecule has 0 bridgehead atoms. The molecule has 0 spiro atoms. The van der Waals surface area contributed by atoms with Crippen molar-refractivity contribution in [3.63, 3.8) is 0 Å². The van der Waals surface area contributed by atoms with E-state index in [2.05, 4.69) is 15.9 Å². The van der Waals surface area contributed by atoms with Gasteiger partial charge in [-0.25, -0.2) is 0 Å². The zero-order valence-corrected chi connectivity index (χ0v) is 8.73. The van der Waals surface area contributed by atoms with E-state index in [1.165, 1.54) is 0 Å². The van der Waals surface area contributed by atoms with Crippen LogP contribution in [0.25, 0.3) is 0 Å². The van der Waals surface area contributed by atoms with Gasteiger partial charge in [-0.3, -0.25) is 4.79 Å². The smallest absolute Gasteiger partial charge is 0.135 e. The van der Waals surface area contributed by atoms with Crippen LogP contribution in [0.15, 0.2) is 12.2 Å². The predicted octanol–water partition coefficient (Wildman–Crippen LogP) is 2.94. The van der Waals surface area contributed by atoms with Crippen molar-refractivity contribution < 1.29 is 4.79 Å². The second-order valence-corrected chi connectivity index (χ2v) is 3.23. The van der Waals surface area contributed by atoms with Crippen LogP contribution in [0.4, 0.5) is 0 Å². The van der Waals surface area contributed by atoms with Crippen LogP contribution in [-0.4, -0.2) is 11.1 Å². The van der Waals surface area contributed by atoms with E-state index in [4.69, 9.17) is 0 Å². The summed E-state index contributed by atoms with van der Waals surface area (Å²) in [5.41, 5.74) is 0. The van der Waals surface area contributed by atoms with Gasteiger partial charge in [-0.15, -0.1) is 0 Å². The lowest BCUT2D eigenvalue weighted by Gasteiger charge is -2.03. The van der Waals surface area contributed by atoms with Crippen LogP contribution in [-0.2, 0) is 4.79 Å². The number of rotatable bonds is 5. The summed E-state index contributed by atoms with van der Waals surface area (Å²) in [6, 6.07) is 0. The van der Waals surface area contributed by atoms with Gasteiger partial charge in [-0.2, -0.15) is 0 Å². The molecule has 64 valence electrons. The summed E-state index contributed by atoms with van der Waals surface area (Å²) >= 11 is 3.28. The van der Waals surface area contributed by atoms with Gasteiger partial charge in [0.2, 0.25) is 0 Å². The van der Waals surface area contributed by atoms with Gasteiger partial charge >= 0.3 is 0 Å². The molecule has 0 aliphatic heterocycles. The van der Waals surface area contributed by atoms with Gasteiger partial charge in [-0.05, 0) is 6.42 Å². The highest BCUT2D eigenvalue weighted by molar-refractivity contribution is 9.09. The summed E-state index contributed by atoms with van der Waals surface area (Å²) in [5.74, 6) is 0.541. The van der Waals surface area contributed by atoms with Crippen LogP contribution in [0.1, 0.15) is 26.7 Å². The standard InChI is InChI=1S/C9H15BrO/c1-3-9(11)8(2)6-4-5-7-10/h4-5,8H,3,6-7H2,1-2H3. The molecule has 0 aromatic heterocycles. The Bertz CT molecular complexity index is 140. The molecule has 0 fully saturated rings. The average molecular weight is 219 g/mol. The Morgan fingerprint density at radius 3 is 2.64 bits per heavy atom. The van der Waals surface area contributed by atoms with E-state index in [9.17, 15) is 4.79 Å². The average Bonchev–Trinajstić information content (AvgIpc) is 2.03. The van der Waals surface area contributed by atoms with E-state index >= 15 is 0 Å². The van der Waals surface area contributed by atoms with Gasteiger partial charge < -0.3 is 0 Å². The molecule has 0 amide bonds. The number of Topliss-reactive ketones (excluding diaryl/α,β-unsaturated/α-hetero) is 1. The summed E-state index contributed by atoms with van der Waals surface area (Å²) in [6.45, 7) is 3.89. The van der Waals surface area contributed by atoms with Crippen molar-refractivity contribution in [1.82, 2.24) is 0 Å². The number of ketones is 1. The van der Waals surface area contributed by atoms with Crippen LogP contribution in [0, 0.1) is 5.92 Å². The monoisotopic (exact) mass is 218 g/mol. The molecule has 11 heavy (non-hydrogen) atoms. The molecule has 1 atom stereocenters. The van der Waals surface area contributed by atoms with Crippen LogP contribution < -0.4 is 0 Å². The van der Waals surface area contributed by atoms with Crippen molar-refractivity contribution in [3.05, 3.63) is 12.2 Å². The molecule has 1 unspecified atom stereocenters. The maximum atomic E-state index is 11.1. The molecule has 0 radical (unpaired) electrons. The molecule has 0 aromatic rings. The van der Waals surface area contributed by atoms with E-state index in [1.54, 1.807) is 0 Å². The molecule has 0 saturated carbocycles. The highest BCUT2D eigenvalue weighted by atomic mass is 79.9. The van der Waals surface area contributed by atoms with E-state index in [0.717, 1.165) is 11.8 Å². The Kier molecular flexibility index (Phi) is 6.52. The summed E-state index contributed by atoms with van der Waals surface area (Å²) < 4.78 is 0. The molecule has 0 aromatic carbocycles. The lowest BCUT2D eigenvalue weighted by atomic mass is 10.0. The number of carbonyl (C=O) groups excluding carboxylic acids is 1. The maximum Gasteiger partial charge on any atom is 0.135 e. The number of hydrogen-bond donors (Lipinski definition) is 0. The second kappa shape index (κ2) is 6.59. The van der Waals surface area contributed by atoms with Crippen molar-refractivity contribution in [2.24, 2.45) is 5.92 Å². The van der Waals surface area contributed by atoms with Crippen molar-refractivity contribution in [2.45, 2.75) is 26.7 Å². The largest absolute Gasteiger partial charge is 0.299 e. The Morgan fingerprint density at radius 2 is 2.18 bits per heavy atom. The van der Waals surface area contributed by atoms with E-state index in [0.29, 0.717) is 12.2 Å². The molecule has 0 rings (SSSR count). The lowest BCUT2D eigenvalue weighted by Crippen LogP contribution is -2.07. The molecule has 0 N–H and O–H groups in total. The fourth-order valence-corrected chi connectivity index (χ4v) is 1.11. The van der Waals surface area contributed by atoms with Crippen molar-refractivity contribution >= 4 is 21.7 Å². The summed E-state index contributed by atoms with van der Waals surface area (Å²) in [6.07, 6.45) is 5.61. The quantitative estimate of drug-likeness (QED) is 0.513. The molecule has 2 heteroatoms. The normalized spacial score (nSPS) is 13.7. The summed E-state index contributed by atoms with van der Waals surface area (Å²) in [4.78, 5) is 11.1. The van der Waals surface area contributed by atoms with Crippen molar-refractivity contribution in [3.8, 4) is 0 Å². The summed E-state index contributed by atoms with van der Waals surface area (Å²) in [5, 5.41) is 0.875. The first-order valence-electron chi connectivity index (χ1n) is 3.96. The third kappa shape index (κ3) is 5.19. The number of hydrogen-bond acceptors (Lipinski definition) is 1. The van der Waals surface area contributed by atoms with Gasteiger partial charge in [0.25, 0.3) is 0 Å². The maximum absolute atomic E-state index is 11.1. The first-order valence-corrected chi connectivity index (χ1v) is 5.08. The number of allylic oxidation sites excluding steroid dienone is 2. The number of halogens is 1. The van der Waals surface area contributed by atoms with E-state index in [-0.39, 0.29) is 5.92 Å². The summed E-state index contributed by atoms with van der Waals surface area (Å²) in [7, 11) is 0. The molecular weight excluding hydrogens is 204 g/mol. The molecule has 0 aliphatic rings. The second-order valence-electron chi connectivity index (χ2n) is 2.58. The van der Waals surface area contributed by atoms with Crippen LogP contribution in [0.3, 0.4) is 0 Å². The Hall–Kier alpha value is -0.110. The van der Waals surface area contributed by atoms with Gasteiger partial charge in [-0.1, -0.05) is 41.9 Å². The predicted molar refractivity (Wildman–Crippen MR) is 52.0 cm³/mol. The topological polar surface area (TPSA) is 17.1 Å². The number of carbonyl (C=O) groups is 1. The van der Waals surface area contributed by atoms with Gasteiger partial charge in [0.05, 0.1) is 0 Å². The van der Waals surface area contributed by atoms with Crippen molar-refractivity contribution in [1.29, 1.82) is 0 Å². The zero-order valence-electron chi connectivity index (χ0n) is 7.14. The fourth-order valence-electron chi connectivity index (χ4n) is 0.843.